The lowest BCUT2D eigenvalue weighted by Gasteiger charge is -2.12. The molecule has 3 aromatic rings. The molecule has 150 valence electrons. The van der Waals surface area contributed by atoms with Gasteiger partial charge in [-0.05, 0) is 11.6 Å². The molecule has 4 rings (SSSR count). The number of halogens is 1. The van der Waals surface area contributed by atoms with E-state index in [0.29, 0.717) is 28.0 Å². The highest BCUT2D eigenvalue weighted by Gasteiger charge is 2.28. The molecule has 0 radical (unpaired) electrons. The van der Waals surface area contributed by atoms with Gasteiger partial charge in [-0.15, -0.1) is 0 Å². The summed E-state index contributed by atoms with van der Waals surface area (Å²) in [5.41, 5.74) is 2.66. The molecule has 0 spiro atoms. The number of fused-ring (bicyclic) bond motifs is 1. The highest BCUT2D eigenvalue weighted by Crippen LogP contribution is 2.33. The largest absolute Gasteiger partial charge is 0.495 e. The van der Waals surface area contributed by atoms with Crippen molar-refractivity contribution in [1.29, 1.82) is 0 Å². The average molecular weight is 432 g/mol. The third-order valence-corrected chi connectivity index (χ3v) is 5.81. The van der Waals surface area contributed by atoms with Crippen LogP contribution in [0.15, 0.2) is 47.6 Å². The number of hydrogen-bond acceptors (Lipinski definition) is 6. The molecule has 1 aliphatic rings. The number of nitrogens with zero attached hydrogens (tertiary/aromatic N) is 3. The molecular weight excluding hydrogens is 414 g/mol. The minimum atomic E-state index is -0.593. The number of amides is 2. The van der Waals surface area contributed by atoms with Crippen molar-refractivity contribution in [3.05, 3.63) is 53.1 Å². The minimum absolute atomic E-state index is 0.0814. The van der Waals surface area contributed by atoms with Gasteiger partial charge < -0.3 is 14.0 Å². The number of imide groups is 1. The maximum Gasteiger partial charge on any atom is 0.416 e. The molecule has 2 heterocycles. The van der Waals surface area contributed by atoms with Crippen LogP contribution in [-0.2, 0) is 16.1 Å². The van der Waals surface area contributed by atoms with Crippen LogP contribution in [0.4, 0.5) is 4.79 Å². The van der Waals surface area contributed by atoms with E-state index in [9.17, 15) is 9.59 Å². The summed E-state index contributed by atoms with van der Waals surface area (Å²) in [5.74, 6) is 0.338. The SMILES string of the molecule is COc1cc2c(cc1Cl)nc(SCC(=O)N1CCOC1=O)n2Cc1ccccc1. The number of imidazole rings is 1. The molecule has 2 amide bonds. The maximum absolute atomic E-state index is 12.4. The molecule has 1 aliphatic heterocycles. The van der Waals surface area contributed by atoms with Crippen molar-refractivity contribution in [2.24, 2.45) is 0 Å². The molecule has 1 fully saturated rings. The first kappa shape index (κ1) is 19.6. The Bertz CT molecular complexity index is 1070. The summed E-state index contributed by atoms with van der Waals surface area (Å²) in [6.45, 7) is 1.09. The zero-order chi connectivity index (χ0) is 20.4. The lowest BCUT2D eigenvalue weighted by Crippen LogP contribution is -2.33. The zero-order valence-corrected chi connectivity index (χ0v) is 17.2. The number of benzene rings is 2. The first-order valence-electron chi connectivity index (χ1n) is 8.94. The molecule has 0 bridgehead atoms. The molecule has 0 N–H and O–H groups in total. The minimum Gasteiger partial charge on any atom is -0.495 e. The number of methoxy groups -OCH3 is 1. The van der Waals surface area contributed by atoms with E-state index in [0.717, 1.165) is 16.0 Å². The Morgan fingerprint density at radius 2 is 2.10 bits per heavy atom. The van der Waals surface area contributed by atoms with Gasteiger partial charge in [0.15, 0.2) is 5.16 Å². The fourth-order valence-electron chi connectivity index (χ4n) is 3.11. The van der Waals surface area contributed by atoms with E-state index in [-0.39, 0.29) is 24.8 Å². The lowest BCUT2D eigenvalue weighted by atomic mass is 10.2. The third-order valence-electron chi connectivity index (χ3n) is 4.56. The average Bonchev–Trinajstić information content (AvgIpc) is 3.29. The molecule has 2 aromatic carbocycles. The summed E-state index contributed by atoms with van der Waals surface area (Å²) in [4.78, 5) is 29.8. The molecule has 0 unspecified atom stereocenters. The summed E-state index contributed by atoms with van der Waals surface area (Å²) < 4.78 is 12.2. The van der Waals surface area contributed by atoms with Gasteiger partial charge >= 0.3 is 6.09 Å². The Labute approximate surface area is 176 Å². The van der Waals surface area contributed by atoms with Crippen LogP contribution in [0.2, 0.25) is 5.02 Å². The standard InChI is InChI=1S/C20H18ClN3O4S/c1-27-17-10-16-15(9-14(17)21)22-19(24(16)11-13-5-3-2-4-6-13)29-12-18(25)23-7-8-28-20(23)26/h2-6,9-10H,7-8,11-12H2,1H3. The van der Waals surface area contributed by atoms with E-state index in [1.165, 1.54) is 11.8 Å². The van der Waals surface area contributed by atoms with E-state index < -0.39 is 6.09 Å². The number of cyclic esters (lactones) is 1. The van der Waals surface area contributed by atoms with Gasteiger partial charge in [0.05, 0.1) is 42.0 Å². The quantitative estimate of drug-likeness (QED) is 0.552. The fourth-order valence-corrected chi connectivity index (χ4v) is 4.24. The highest BCUT2D eigenvalue weighted by molar-refractivity contribution is 7.99. The van der Waals surface area contributed by atoms with E-state index >= 15 is 0 Å². The fraction of sp³-hybridized carbons (Fsp3) is 0.250. The number of aromatic nitrogens is 2. The van der Waals surface area contributed by atoms with E-state index in [1.807, 2.05) is 41.0 Å². The Hall–Kier alpha value is -2.71. The van der Waals surface area contributed by atoms with Crippen molar-refractivity contribution in [1.82, 2.24) is 14.5 Å². The van der Waals surface area contributed by atoms with E-state index in [4.69, 9.17) is 21.1 Å². The van der Waals surface area contributed by atoms with Gasteiger partial charge in [0.2, 0.25) is 5.91 Å². The summed E-state index contributed by atoms with van der Waals surface area (Å²) in [5, 5.41) is 1.13. The molecule has 9 heteroatoms. The van der Waals surface area contributed by atoms with Crippen molar-refractivity contribution in [2.75, 3.05) is 26.0 Å². The summed E-state index contributed by atoms with van der Waals surface area (Å²) in [6.07, 6.45) is -0.593. The number of rotatable bonds is 6. The maximum atomic E-state index is 12.4. The molecule has 29 heavy (non-hydrogen) atoms. The van der Waals surface area contributed by atoms with Crippen LogP contribution in [0.25, 0.3) is 11.0 Å². The second kappa shape index (κ2) is 8.34. The van der Waals surface area contributed by atoms with E-state index in [2.05, 4.69) is 4.98 Å². The van der Waals surface area contributed by atoms with Crippen LogP contribution in [0, 0.1) is 0 Å². The van der Waals surface area contributed by atoms with Crippen LogP contribution in [0.5, 0.6) is 5.75 Å². The highest BCUT2D eigenvalue weighted by atomic mass is 35.5. The Balaban J connectivity index is 1.66. The Morgan fingerprint density at radius 1 is 1.31 bits per heavy atom. The topological polar surface area (TPSA) is 73.7 Å². The second-order valence-corrected chi connectivity index (χ2v) is 7.74. The van der Waals surface area contributed by atoms with Crippen molar-refractivity contribution in [3.8, 4) is 5.75 Å². The monoisotopic (exact) mass is 431 g/mol. The third kappa shape index (κ3) is 4.04. The molecule has 1 aromatic heterocycles. The number of carbonyl (C=O) groups is 2. The first-order chi connectivity index (χ1) is 14.1. The summed E-state index contributed by atoms with van der Waals surface area (Å²) in [7, 11) is 1.56. The molecule has 7 nitrogen and oxygen atoms in total. The zero-order valence-electron chi connectivity index (χ0n) is 15.6. The normalized spacial score (nSPS) is 13.7. The predicted octanol–water partition coefficient (Wildman–Crippen LogP) is 3.82. The van der Waals surface area contributed by atoms with Gasteiger partial charge in [-0.3, -0.25) is 4.79 Å². The van der Waals surface area contributed by atoms with E-state index in [1.54, 1.807) is 13.2 Å². The smallest absolute Gasteiger partial charge is 0.416 e. The molecule has 0 saturated carbocycles. The molecule has 0 atom stereocenters. The Kier molecular flexibility index (Phi) is 5.64. The van der Waals surface area contributed by atoms with Crippen molar-refractivity contribution >= 4 is 46.4 Å². The van der Waals surface area contributed by atoms with Crippen LogP contribution in [-0.4, -0.2) is 52.5 Å². The number of hydrogen-bond donors (Lipinski definition) is 0. The van der Waals surface area contributed by atoms with Gasteiger partial charge in [0, 0.05) is 6.07 Å². The Morgan fingerprint density at radius 3 is 2.79 bits per heavy atom. The second-order valence-electron chi connectivity index (χ2n) is 6.39. The van der Waals surface area contributed by atoms with Gasteiger partial charge in [0.1, 0.15) is 12.4 Å². The van der Waals surface area contributed by atoms with Crippen LogP contribution in [0.3, 0.4) is 0 Å². The summed E-state index contributed by atoms with van der Waals surface area (Å²) in [6, 6.07) is 13.6. The molecule has 0 aliphatic carbocycles. The van der Waals surface area contributed by atoms with Gasteiger partial charge in [-0.1, -0.05) is 53.7 Å². The van der Waals surface area contributed by atoms with Gasteiger partial charge in [0.25, 0.3) is 0 Å². The molecular formula is C20H18ClN3O4S. The van der Waals surface area contributed by atoms with Crippen molar-refractivity contribution in [3.63, 3.8) is 0 Å². The lowest BCUT2D eigenvalue weighted by molar-refractivity contribution is -0.125. The number of thioether (sulfide) groups is 1. The van der Waals surface area contributed by atoms with Gasteiger partial charge in [-0.25, -0.2) is 14.7 Å². The summed E-state index contributed by atoms with van der Waals surface area (Å²) >= 11 is 7.54. The first-order valence-corrected chi connectivity index (χ1v) is 10.3. The number of ether oxygens (including phenoxy) is 2. The van der Waals surface area contributed by atoms with Crippen LogP contribution >= 0.6 is 23.4 Å². The van der Waals surface area contributed by atoms with Crippen LogP contribution < -0.4 is 4.74 Å². The van der Waals surface area contributed by atoms with Crippen molar-refractivity contribution < 1.29 is 19.1 Å². The molecule has 1 saturated heterocycles. The predicted molar refractivity (Wildman–Crippen MR) is 111 cm³/mol. The number of carbonyl (C=O) groups excluding carboxylic acids is 2. The van der Waals surface area contributed by atoms with Crippen molar-refractivity contribution in [2.45, 2.75) is 11.7 Å². The van der Waals surface area contributed by atoms with Gasteiger partial charge in [-0.2, -0.15) is 0 Å². The van der Waals surface area contributed by atoms with Crippen LogP contribution in [0.1, 0.15) is 5.56 Å².